The number of likely N-dealkylation sites (tertiary alicyclic amines) is 1. The van der Waals surface area contributed by atoms with Crippen LogP contribution < -0.4 is 0 Å². The van der Waals surface area contributed by atoms with E-state index in [2.05, 4.69) is 0 Å². The fraction of sp³-hybridized carbons (Fsp3) is 0.750. The van der Waals surface area contributed by atoms with Crippen LogP contribution in [0.1, 0.15) is 20.3 Å². The summed E-state index contributed by atoms with van der Waals surface area (Å²) in [7, 11) is 0. The Balaban J connectivity index is 2.23. The van der Waals surface area contributed by atoms with E-state index in [1.165, 1.54) is 4.90 Å². The first kappa shape index (κ1) is 6.83. The molecule has 2 fully saturated rings. The van der Waals surface area contributed by atoms with Crippen LogP contribution in [-0.4, -0.2) is 22.8 Å². The average Bonchev–Trinajstić information content (AvgIpc) is 2.59. The smallest absolute Gasteiger partial charge is 0.233 e. The molecule has 1 aliphatic heterocycles. The van der Waals surface area contributed by atoms with Crippen LogP contribution in [0, 0.1) is 11.8 Å². The molecule has 11 heavy (non-hydrogen) atoms. The number of piperidine rings is 1. The zero-order chi connectivity index (χ0) is 8.17. The summed E-state index contributed by atoms with van der Waals surface area (Å²) in [6.07, 6.45) is 0.806. The Morgan fingerprint density at radius 3 is 2.00 bits per heavy atom. The summed E-state index contributed by atoms with van der Waals surface area (Å²) in [6.45, 7) is 3.75. The topological polar surface area (TPSA) is 37.4 Å². The van der Waals surface area contributed by atoms with Crippen molar-refractivity contribution >= 4 is 11.8 Å². The van der Waals surface area contributed by atoms with Crippen molar-refractivity contribution in [2.24, 2.45) is 11.8 Å². The standard InChI is InChI=1S/C8H11NO2/c1-4(2)9-7(10)5-3-6(5)8(9)11/h4-6H,3H2,1-2H3. The second kappa shape index (κ2) is 1.84. The van der Waals surface area contributed by atoms with Gasteiger partial charge in [0, 0.05) is 6.04 Å². The number of carbonyl (C=O) groups excluding carboxylic acids is 2. The second-order valence-corrected chi connectivity index (χ2v) is 3.59. The van der Waals surface area contributed by atoms with Crippen LogP contribution >= 0.6 is 0 Å². The van der Waals surface area contributed by atoms with Gasteiger partial charge in [0.1, 0.15) is 0 Å². The van der Waals surface area contributed by atoms with Gasteiger partial charge in [-0.3, -0.25) is 14.5 Å². The molecule has 60 valence electrons. The van der Waals surface area contributed by atoms with Crippen LogP contribution in [0.5, 0.6) is 0 Å². The molecule has 0 N–H and O–H groups in total. The lowest BCUT2D eigenvalue weighted by Gasteiger charge is -2.20. The van der Waals surface area contributed by atoms with E-state index in [0.717, 1.165) is 6.42 Å². The number of fused-ring (bicyclic) bond motifs is 1. The maximum Gasteiger partial charge on any atom is 0.233 e. The quantitative estimate of drug-likeness (QED) is 0.511. The van der Waals surface area contributed by atoms with Crippen molar-refractivity contribution in [3.8, 4) is 0 Å². The molecule has 3 nitrogen and oxygen atoms in total. The highest BCUT2D eigenvalue weighted by atomic mass is 16.2. The number of carbonyl (C=O) groups is 2. The summed E-state index contributed by atoms with van der Waals surface area (Å²) in [6, 6.07) is 0.0443. The second-order valence-electron chi connectivity index (χ2n) is 3.59. The summed E-state index contributed by atoms with van der Waals surface area (Å²) in [4.78, 5) is 24.0. The largest absolute Gasteiger partial charge is 0.280 e. The van der Waals surface area contributed by atoms with Gasteiger partial charge in [-0.1, -0.05) is 0 Å². The zero-order valence-corrected chi connectivity index (χ0v) is 6.70. The van der Waals surface area contributed by atoms with Gasteiger partial charge in [-0.2, -0.15) is 0 Å². The number of amides is 2. The molecule has 0 radical (unpaired) electrons. The zero-order valence-electron chi connectivity index (χ0n) is 6.70. The van der Waals surface area contributed by atoms with Gasteiger partial charge in [0.2, 0.25) is 11.8 Å². The fourth-order valence-electron chi connectivity index (χ4n) is 1.72. The van der Waals surface area contributed by atoms with E-state index >= 15 is 0 Å². The minimum atomic E-state index is 0.0443. The van der Waals surface area contributed by atoms with Crippen molar-refractivity contribution in [3.63, 3.8) is 0 Å². The van der Waals surface area contributed by atoms with Crippen LogP contribution in [0.25, 0.3) is 0 Å². The van der Waals surface area contributed by atoms with Crippen molar-refractivity contribution in [2.75, 3.05) is 0 Å². The predicted molar refractivity (Wildman–Crippen MR) is 38.6 cm³/mol. The third-order valence-electron chi connectivity index (χ3n) is 2.42. The Bertz CT molecular complexity index is 214. The molecule has 2 amide bonds. The lowest BCUT2D eigenvalue weighted by molar-refractivity contribution is -0.143. The van der Waals surface area contributed by atoms with Gasteiger partial charge in [-0.05, 0) is 20.3 Å². The van der Waals surface area contributed by atoms with Crippen molar-refractivity contribution in [1.82, 2.24) is 4.90 Å². The highest BCUT2D eigenvalue weighted by molar-refractivity contribution is 6.09. The van der Waals surface area contributed by atoms with Crippen LogP contribution in [0.15, 0.2) is 0 Å². The third kappa shape index (κ3) is 0.737. The van der Waals surface area contributed by atoms with Crippen molar-refractivity contribution in [2.45, 2.75) is 26.3 Å². The minimum Gasteiger partial charge on any atom is -0.280 e. The van der Waals surface area contributed by atoms with Crippen LogP contribution in [0.3, 0.4) is 0 Å². The van der Waals surface area contributed by atoms with Gasteiger partial charge in [0.25, 0.3) is 0 Å². The third-order valence-corrected chi connectivity index (χ3v) is 2.42. The van der Waals surface area contributed by atoms with Crippen molar-refractivity contribution in [1.29, 1.82) is 0 Å². The highest BCUT2D eigenvalue weighted by Gasteiger charge is 2.59. The average molecular weight is 153 g/mol. The summed E-state index contributed by atoms with van der Waals surface area (Å²) in [5, 5.41) is 0. The fourth-order valence-corrected chi connectivity index (χ4v) is 1.72. The highest BCUT2D eigenvalue weighted by Crippen LogP contribution is 2.47. The van der Waals surface area contributed by atoms with E-state index in [1.807, 2.05) is 13.8 Å². The monoisotopic (exact) mass is 153 g/mol. The van der Waals surface area contributed by atoms with E-state index in [4.69, 9.17) is 0 Å². The molecule has 1 saturated carbocycles. The van der Waals surface area contributed by atoms with Crippen molar-refractivity contribution in [3.05, 3.63) is 0 Å². The molecular weight excluding hydrogens is 142 g/mol. The molecular formula is C8H11NO2. The molecule has 0 bridgehead atoms. The van der Waals surface area contributed by atoms with Gasteiger partial charge in [0.05, 0.1) is 11.8 Å². The molecule has 0 aromatic rings. The predicted octanol–water partition coefficient (Wildman–Crippen LogP) is 0.400. The van der Waals surface area contributed by atoms with E-state index in [9.17, 15) is 9.59 Å². The lowest BCUT2D eigenvalue weighted by atomic mass is 10.3. The van der Waals surface area contributed by atoms with Gasteiger partial charge >= 0.3 is 0 Å². The number of hydrogen-bond donors (Lipinski definition) is 0. The first-order valence-corrected chi connectivity index (χ1v) is 4.00. The normalized spacial score (nSPS) is 35.0. The molecule has 0 aromatic carbocycles. The molecule has 2 atom stereocenters. The van der Waals surface area contributed by atoms with Crippen LogP contribution in [0.2, 0.25) is 0 Å². The Hall–Kier alpha value is -0.860. The first-order chi connectivity index (χ1) is 5.13. The molecule has 0 aromatic heterocycles. The molecule has 1 heterocycles. The minimum absolute atomic E-state index is 0.0443. The van der Waals surface area contributed by atoms with Crippen LogP contribution in [-0.2, 0) is 9.59 Å². The van der Waals surface area contributed by atoms with E-state index in [0.29, 0.717) is 0 Å². The molecule has 2 unspecified atom stereocenters. The molecule has 2 rings (SSSR count). The molecule has 2 aliphatic rings. The number of hydrogen-bond acceptors (Lipinski definition) is 2. The van der Waals surface area contributed by atoms with E-state index in [1.54, 1.807) is 0 Å². The summed E-state index contributed by atoms with van der Waals surface area (Å²) >= 11 is 0. The summed E-state index contributed by atoms with van der Waals surface area (Å²) in [5.74, 6) is 0.222. The maximum absolute atomic E-state index is 11.3. The Kier molecular flexibility index (Phi) is 1.14. The van der Waals surface area contributed by atoms with Gasteiger partial charge < -0.3 is 0 Å². The van der Waals surface area contributed by atoms with E-state index in [-0.39, 0.29) is 29.7 Å². The Morgan fingerprint density at radius 1 is 1.27 bits per heavy atom. The van der Waals surface area contributed by atoms with Gasteiger partial charge in [-0.15, -0.1) is 0 Å². The summed E-state index contributed by atoms with van der Waals surface area (Å²) in [5.41, 5.74) is 0. The molecule has 1 aliphatic carbocycles. The van der Waals surface area contributed by atoms with Gasteiger partial charge in [-0.25, -0.2) is 0 Å². The van der Waals surface area contributed by atoms with Crippen molar-refractivity contribution < 1.29 is 9.59 Å². The Labute approximate surface area is 65.4 Å². The maximum atomic E-state index is 11.3. The van der Waals surface area contributed by atoms with Gasteiger partial charge in [0.15, 0.2) is 0 Å². The first-order valence-electron chi connectivity index (χ1n) is 4.00. The summed E-state index contributed by atoms with van der Waals surface area (Å²) < 4.78 is 0. The molecule has 0 spiro atoms. The van der Waals surface area contributed by atoms with Crippen LogP contribution in [0.4, 0.5) is 0 Å². The Morgan fingerprint density at radius 2 is 1.73 bits per heavy atom. The van der Waals surface area contributed by atoms with E-state index < -0.39 is 0 Å². The lowest BCUT2D eigenvalue weighted by Crippen LogP contribution is -2.38. The molecule has 1 saturated heterocycles. The SMILES string of the molecule is CC(C)N1C(=O)C2CC2C1=O. The number of rotatable bonds is 1. The number of imide groups is 1. The molecule has 3 heteroatoms. The number of nitrogens with zero attached hydrogens (tertiary/aromatic N) is 1.